The maximum Gasteiger partial charge on any atom is 0.220 e. The number of ether oxygens (including phenoxy) is 1. The van der Waals surface area contributed by atoms with Crippen molar-refractivity contribution in [1.82, 2.24) is 4.90 Å². The van der Waals surface area contributed by atoms with E-state index in [0.717, 1.165) is 62.5 Å². The second-order valence-corrected chi connectivity index (χ2v) is 7.56. The molecular formula is C23H32IN5O2. The van der Waals surface area contributed by atoms with Gasteiger partial charge in [0.25, 0.3) is 0 Å². The van der Waals surface area contributed by atoms with Gasteiger partial charge in [-0.3, -0.25) is 9.79 Å². The largest absolute Gasteiger partial charge is 0.457 e. The summed E-state index contributed by atoms with van der Waals surface area (Å²) in [5.74, 6) is 1.81. The molecule has 1 aliphatic heterocycles. The number of carbonyl (C=O) groups excluding carboxylic acids is 1. The molecule has 0 aliphatic carbocycles. The first kappa shape index (κ1) is 24.9. The van der Waals surface area contributed by atoms with Crippen LogP contribution >= 0.6 is 24.0 Å². The number of rotatable bonds is 9. The second-order valence-electron chi connectivity index (χ2n) is 7.56. The van der Waals surface area contributed by atoms with Crippen molar-refractivity contribution in [3.05, 3.63) is 54.6 Å². The summed E-state index contributed by atoms with van der Waals surface area (Å²) in [6.45, 7) is 3.59. The number of benzene rings is 2. The lowest BCUT2D eigenvalue weighted by atomic mass is 9.96. The van der Waals surface area contributed by atoms with Gasteiger partial charge in [0.2, 0.25) is 5.91 Å². The smallest absolute Gasteiger partial charge is 0.220 e. The molecule has 1 heterocycles. The van der Waals surface area contributed by atoms with Gasteiger partial charge in [-0.05, 0) is 69.6 Å². The number of nitrogens with one attached hydrogen (secondary N) is 1. The number of para-hydroxylation sites is 1. The third-order valence-corrected chi connectivity index (χ3v) is 5.24. The van der Waals surface area contributed by atoms with Gasteiger partial charge in [-0.1, -0.05) is 24.3 Å². The summed E-state index contributed by atoms with van der Waals surface area (Å²) in [4.78, 5) is 18.0. The van der Waals surface area contributed by atoms with Crippen molar-refractivity contribution in [3.8, 4) is 11.5 Å². The van der Waals surface area contributed by atoms with Crippen molar-refractivity contribution in [2.45, 2.75) is 25.7 Å². The number of amides is 1. The van der Waals surface area contributed by atoms with Gasteiger partial charge in [0.05, 0.1) is 0 Å². The van der Waals surface area contributed by atoms with Gasteiger partial charge in [0.1, 0.15) is 11.5 Å². The highest BCUT2D eigenvalue weighted by atomic mass is 127. The predicted molar refractivity (Wildman–Crippen MR) is 136 cm³/mol. The molecule has 8 heteroatoms. The van der Waals surface area contributed by atoms with E-state index in [-0.39, 0.29) is 35.8 Å². The minimum Gasteiger partial charge on any atom is -0.457 e. The number of anilines is 1. The zero-order valence-corrected chi connectivity index (χ0v) is 20.0. The lowest BCUT2D eigenvalue weighted by Gasteiger charge is -2.30. The number of nitrogens with zero attached hydrogens (tertiary/aromatic N) is 2. The summed E-state index contributed by atoms with van der Waals surface area (Å²) < 4.78 is 5.84. The highest BCUT2D eigenvalue weighted by Gasteiger charge is 2.22. The zero-order chi connectivity index (χ0) is 21.2. The van der Waals surface area contributed by atoms with Crippen molar-refractivity contribution in [1.29, 1.82) is 0 Å². The normalized spacial score (nSPS) is 15.2. The van der Waals surface area contributed by atoms with Crippen LogP contribution < -0.4 is 21.5 Å². The number of nitrogens with two attached hydrogens (primary N) is 2. The Hall–Kier alpha value is -2.33. The number of carbonyl (C=O) groups is 1. The monoisotopic (exact) mass is 537 g/mol. The van der Waals surface area contributed by atoms with E-state index in [9.17, 15) is 4.79 Å². The number of piperidine rings is 1. The number of aliphatic imine (C=N–C) groups is 1. The van der Waals surface area contributed by atoms with Crippen LogP contribution in [0, 0.1) is 5.92 Å². The molecule has 0 radical (unpaired) electrons. The quantitative estimate of drug-likeness (QED) is 0.195. The Morgan fingerprint density at radius 1 is 1.03 bits per heavy atom. The molecule has 7 nitrogen and oxygen atoms in total. The molecule has 31 heavy (non-hydrogen) atoms. The van der Waals surface area contributed by atoms with Crippen LogP contribution in [0.4, 0.5) is 5.69 Å². The molecule has 1 fully saturated rings. The van der Waals surface area contributed by atoms with E-state index in [0.29, 0.717) is 12.5 Å². The van der Waals surface area contributed by atoms with Gasteiger partial charge in [-0.2, -0.15) is 0 Å². The third-order valence-electron chi connectivity index (χ3n) is 5.24. The molecule has 3 rings (SSSR count). The van der Waals surface area contributed by atoms with Crippen LogP contribution in [0.3, 0.4) is 0 Å². The molecule has 0 saturated carbocycles. The number of hydrogen-bond acceptors (Lipinski definition) is 4. The van der Waals surface area contributed by atoms with Gasteiger partial charge >= 0.3 is 0 Å². The molecule has 5 N–H and O–H groups in total. The molecule has 2 aromatic carbocycles. The Labute approximate surface area is 201 Å². The van der Waals surface area contributed by atoms with Crippen molar-refractivity contribution in [2.24, 2.45) is 22.4 Å². The van der Waals surface area contributed by atoms with Crippen LogP contribution in [0.15, 0.2) is 59.6 Å². The van der Waals surface area contributed by atoms with E-state index in [4.69, 9.17) is 16.2 Å². The highest BCUT2D eigenvalue weighted by Crippen LogP contribution is 2.23. The maximum atomic E-state index is 11.2. The number of likely N-dealkylation sites (tertiary alicyclic amines) is 1. The molecule has 1 aliphatic rings. The molecule has 2 aromatic rings. The van der Waals surface area contributed by atoms with Crippen LogP contribution in [0.1, 0.15) is 25.7 Å². The molecule has 1 saturated heterocycles. The zero-order valence-electron chi connectivity index (χ0n) is 17.7. The Morgan fingerprint density at radius 3 is 2.45 bits per heavy atom. The summed E-state index contributed by atoms with van der Waals surface area (Å²) in [7, 11) is 0. The molecule has 0 unspecified atom stereocenters. The summed E-state index contributed by atoms with van der Waals surface area (Å²) in [6.07, 6.45) is 3.77. The molecular weight excluding hydrogens is 505 g/mol. The lowest BCUT2D eigenvalue weighted by Crippen LogP contribution is -2.38. The average Bonchev–Trinajstić information content (AvgIpc) is 2.75. The molecule has 0 aromatic heterocycles. The predicted octanol–water partition coefficient (Wildman–Crippen LogP) is 3.80. The minimum absolute atomic E-state index is 0. The van der Waals surface area contributed by atoms with Gasteiger partial charge < -0.3 is 26.4 Å². The fourth-order valence-corrected chi connectivity index (χ4v) is 3.54. The Morgan fingerprint density at radius 2 is 1.74 bits per heavy atom. The summed E-state index contributed by atoms with van der Waals surface area (Å²) in [6, 6.07) is 17.3. The van der Waals surface area contributed by atoms with Crippen LogP contribution in [0.2, 0.25) is 0 Å². The van der Waals surface area contributed by atoms with Gasteiger partial charge in [-0.25, -0.2) is 0 Å². The highest BCUT2D eigenvalue weighted by molar-refractivity contribution is 14.0. The fourth-order valence-electron chi connectivity index (χ4n) is 3.54. The van der Waals surface area contributed by atoms with Crippen molar-refractivity contribution in [3.63, 3.8) is 0 Å². The number of guanidine groups is 1. The Kier molecular flexibility index (Phi) is 10.6. The summed E-state index contributed by atoms with van der Waals surface area (Å²) in [5, 5.41) is 3.12. The summed E-state index contributed by atoms with van der Waals surface area (Å²) in [5.41, 5.74) is 12.2. The minimum atomic E-state index is -0.163. The fraction of sp³-hybridized carbons (Fsp3) is 0.391. The van der Waals surface area contributed by atoms with Gasteiger partial charge in [0, 0.05) is 24.2 Å². The number of halogens is 1. The Bertz CT molecular complexity index is 839. The molecule has 168 valence electrons. The molecule has 0 atom stereocenters. The molecule has 0 spiro atoms. The standard InChI is InChI=1S/C23H31N5O2.HI/c24-22(29)18-11-15-28(16-12-18)14-5-4-13-26-23(25)27-19-7-6-10-21(17-19)30-20-8-2-1-3-9-20;/h1-3,6-10,17-18H,4-5,11-16H2,(H2,24,29)(H3,25,26,27);1H. The number of primary amides is 1. The van der Waals surface area contributed by atoms with Crippen molar-refractivity contribution < 1.29 is 9.53 Å². The van der Waals surface area contributed by atoms with E-state index in [1.807, 2.05) is 54.6 Å². The molecule has 1 amide bonds. The van der Waals surface area contributed by atoms with Crippen LogP contribution in [0.25, 0.3) is 0 Å². The van der Waals surface area contributed by atoms with E-state index in [1.165, 1.54) is 0 Å². The van der Waals surface area contributed by atoms with Crippen LogP contribution in [-0.2, 0) is 4.79 Å². The first-order valence-corrected chi connectivity index (χ1v) is 10.5. The molecule has 0 bridgehead atoms. The van der Waals surface area contributed by atoms with E-state index >= 15 is 0 Å². The van der Waals surface area contributed by atoms with E-state index in [2.05, 4.69) is 15.2 Å². The summed E-state index contributed by atoms with van der Waals surface area (Å²) >= 11 is 0. The van der Waals surface area contributed by atoms with Crippen LogP contribution in [0.5, 0.6) is 11.5 Å². The third kappa shape index (κ3) is 8.74. The second kappa shape index (κ2) is 13.2. The first-order chi connectivity index (χ1) is 14.6. The van der Waals surface area contributed by atoms with E-state index < -0.39 is 0 Å². The lowest BCUT2D eigenvalue weighted by molar-refractivity contribution is -0.123. The van der Waals surface area contributed by atoms with Gasteiger partial charge in [0.15, 0.2) is 5.96 Å². The van der Waals surface area contributed by atoms with Crippen LogP contribution in [-0.4, -0.2) is 42.9 Å². The van der Waals surface area contributed by atoms with Crippen molar-refractivity contribution in [2.75, 3.05) is 31.5 Å². The van der Waals surface area contributed by atoms with Crippen molar-refractivity contribution >= 4 is 41.5 Å². The topological polar surface area (TPSA) is 106 Å². The van der Waals surface area contributed by atoms with E-state index in [1.54, 1.807) is 0 Å². The Balaban J connectivity index is 0.00000341. The SMILES string of the molecule is I.NC(=O)C1CCN(CCCCN=C(N)Nc2cccc(Oc3ccccc3)c2)CC1. The maximum absolute atomic E-state index is 11.2. The first-order valence-electron chi connectivity index (χ1n) is 10.5. The average molecular weight is 537 g/mol. The number of hydrogen-bond donors (Lipinski definition) is 3. The van der Waals surface area contributed by atoms with Gasteiger partial charge in [-0.15, -0.1) is 24.0 Å². The number of unbranched alkanes of at least 4 members (excludes halogenated alkanes) is 1.